The molecule has 1 aromatic carbocycles. The van der Waals surface area contributed by atoms with Crippen LogP contribution < -0.4 is 16.0 Å². The maximum absolute atomic E-state index is 13.0. The Labute approximate surface area is 271 Å². The smallest absolute Gasteiger partial charge is 0.269 e. The van der Waals surface area contributed by atoms with E-state index in [0.717, 1.165) is 12.0 Å². The topological polar surface area (TPSA) is 145 Å². The van der Waals surface area contributed by atoms with Crippen molar-refractivity contribution in [3.05, 3.63) is 38.8 Å². The summed E-state index contributed by atoms with van der Waals surface area (Å²) in [5, 5.41) is 17.4. The maximum atomic E-state index is 13.0. The van der Waals surface area contributed by atoms with E-state index in [0.29, 0.717) is 25.1 Å². The number of aliphatic hydroxyl groups excluding tert-OH is 1. The highest BCUT2D eigenvalue weighted by atomic mass is 79.9. The molecule has 1 aliphatic rings. The number of hydrogen-bond acceptors (Lipinski definition) is 6. The number of amides is 5. The molecule has 1 unspecified atom stereocenters. The molecule has 12 heteroatoms. The Hall–Kier alpha value is -2.57. The minimum Gasteiger partial charge on any atom is -0.392 e. The number of halogens is 2. The van der Waals surface area contributed by atoms with Gasteiger partial charge < -0.3 is 21.1 Å². The predicted molar refractivity (Wildman–Crippen MR) is 173 cm³/mol. The summed E-state index contributed by atoms with van der Waals surface area (Å²) in [6, 6.07) is 5.08. The Bertz CT molecular complexity index is 1220. The molecule has 2 atom stereocenters. The highest BCUT2D eigenvalue weighted by Crippen LogP contribution is 2.40. The van der Waals surface area contributed by atoms with E-state index < -0.39 is 23.9 Å². The van der Waals surface area contributed by atoms with Crippen molar-refractivity contribution in [2.75, 3.05) is 11.9 Å². The predicted octanol–water partition coefficient (Wildman–Crippen LogP) is 4.75. The number of hydrogen-bond donors (Lipinski definition) is 4. The molecule has 43 heavy (non-hydrogen) atoms. The van der Waals surface area contributed by atoms with E-state index in [1.807, 2.05) is 13.8 Å². The van der Waals surface area contributed by atoms with Gasteiger partial charge in [0.1, 0.15) is 21.0 Å². The van der Waals surface area contributed by atoms with Gasteiger partial charge in [0.25, 0.3) is 11.8 Å². The molecule has 2 rings (SSSR count). The first-order valence-electron chi connectivity index (χ1n) is 14.4. The van der Waals surface area contributed by atoms with Gasteiger partial charge >= 0.3 is 0 Å². The van der Waals surface area contributed by atoms with Crippen LogP contribution in [0.2, 0.25) is 0 Å². The molecule has 1 aliphatic heterocycles. The van der Waals surface area contributed by atoms with E-state index in [4.69, 9.17) is 5.11 Å². The van der Waals surface area contributed by atoms with Crippen LogP contribution in [-0.2, 0) is 30.6 Å². The maximum Gasteiger partial charge on any atom is 0.269 e. The van der Waals surface area contributed by atoms with Crippen molar-refractivity contribution in [2.24, 2.45) is 16.7 Å². The van der Waals surface area contributed by atoms with Gasteiger partial charge in [-0.25, -0.2) is 0 Å². The molecule has 238 valence electrons. The number of anilines is 1. The van der Waals surface area contributed by atoms with E-state index in [9.17, 15) is 24.0 Å². The van der Waals surface area contributed by atoms with E-state index in [1.54, 1.807) is 31.2 Å². The lowest BCUT2D eigenvalue weighted by Gasteiger charge is -2.36. The fourth-order valence-corrected chi connectivity index (χ4v) is 5.92. The Kier molecular flexibility index (Phi) is 13.1. The zero-order chi connectivity index (χ0) is 32.7. The molecule has 1 heterocycles. The standard InChI is InChI=1S/C31H44Br2N4O6/c1-18(2)25(27(41)34-19(3)26(40)35-21-10-8-20(16-38)9-11-21)36-22(39)12-13-30(4,5)17-31(6,7)14-15-37-28(42)23(32)24(33)29(37)43/h8-11,18-19,25,38H,12-17H2,1-7H3,(H,34,41)(H,35,40)(H,36,39)/t19-,25?/m0/s1. The summed E-state index contributed by atoms with van der Waals surface area (Å²) in [6.07, 6.45) is 2.15. The lowest BCUT2D eigenvalue weighted by atomic mass is 9.71. The fourth-order valence-electron chi connectivity index (χ4n) is 5.15. The molecule has 0 saturated heterocycles. The molecular weight excluding hydrogens is 684 g/mol. The highest BCUT2D eigenvalue weighted by Gasteiger charge is 2.37. The number of benzene rings is 1. The first-order valence-corrected chi connectivity index (χ1v) is 16.0. The zero-order valence-corrected chi connectivity index (χ0v) is 29.1. The molecule has 5 amide bonds. The van der Waals surface area contributed by atoms with Crippen molar-refractivity contribution in [3.8, 4) is 0 Å². The summed E-state index contributed by atoms with van der Waals surface area (Å²) >= 11 is 6.31. The third-order valence-electron chi connectivity index (χ3n) is 7.48. The third kappa shape index (κ3) is 10.8. The first-order chi connectivity index (χ1) is 19.9. The second kappa shape index (κ2) is 15.4. The second-order valence-corrected chi connectivity index (χ2v) is 14.6. The summed E-state index contributed by atoms with van der Waals surface area (Å²) in [5.41, 5.74) is 0.824. The summed E-state index contributed by atoms with van der Waals surface area (Å²) in [7, 11) is 0. The lowest BCUT2D eigenvalue weighted by molar-refractivity contribution is -0.137. The van der Waals surface area contributed by atoms with Gasteiger partial charge in [0, 0.05) is 18.7 Å². The van der Waals surface area contributed by atoms with Crippen LogP contribution in [0.15, 0.2) is 33.2 Å². The number of nitrogens with zero attached hydrogens (tertiary/aromatic N) is 1. The SMILES string of the molecule is CC(C)C(NC(=O)CCC(C)(C)CC(C)(C)CCN1C(=O)C(Br)=C(Br)C1=O)C(=O)N[C@@H](C)C(=O)Nc1ccc(CO)cc1. The molecule has 0 bridgehead atoms. The Morgan fingerprint density at radius 3 is 1.91 bits per heavy atom. The van der Waals surface area contributed by atoms with E-state index in [1.165, 1.54) is 4.90 Å². The monoisotopic (exact) mass is 726 g/mol. The van der Waals surface area contributed by atoms with Crippen molar-refractivity contribution in [1.82, 2.24) is 15.5 Å². The molecule has 0 spiro atoms. The van der Waals surface area contributed by atoms with E-state index in [-0.39, 0.29) is 56.5 Å². The number of nitrogens with one attached hydrogen (secondary N) is 3. The van der Waals surface area contributed by atoms with Crippen LogP contribution in [0, 0.1) is 16.7 Å². The molecular formula is C31H44Br2N4O6. The zero-order valence-electron chi connectivity index (χ0n) is 26.0. The van der Waals surface area contributed by atoms with Crippen molar-refractivity contribution in [1.29, 1.82) is 0 Å². The Balaban J connectivity index is 1.87. The quantitative estimate of drug-likeness (QED) is 0.192. The molecule has 1 aromatic rings. The highest BCUT2D eigenvalue weighted by molar-refractivity contribution is 9.14. The molecule has 0 fully saturated rings. The second-order valence-electron chi connectivity index (χ2n) is 13.0. The number of imide groups is 1. The Morgan fingerprint density at radius 1 is 0.860 bits per heavy atom. The van der Waals surface area contributed by atoms with Gasteiger partial charge in [0.2, 0.25) is 17.7 Å². The van der Waals surface area contributed by atoms with Crippen LogP contribution in [-0.4, -0.2) is 58.2 Å². The summed E-state index contributed by atoms with van der Waals surface area (Å²) in [4.78, 5) is 64.5. The first kappa shape index (κ1) is 36.6. The van der Waals surface area contributed by atoms with Crippen molar-refractivity contribution in [3.63, 3.8) is 0 Å². The number of carbonyl (C=O) groups excluding carboxylic acids is 5. The van der Waals surface area contributed by atoms with Gasteiger partial charge in [0.15, 0.2) is 0 Å². The summed E-state index contributed by atoms with van der Waals surface area (Å²) < 4.78 is 0.468. The van der Waals surface area contributed by atoms with Crippen molar-refractivity contribution in [2.45, 2.75) is 92.8 Å². The Morgan fingerprint density at radius 2 is 1.40 bits per heavy atom. The van der Waals surface area contributed by atoms with E-state index >= 15 is 0 Å². The average molecular weight is 729 g/mol. The van der Waals surface area contributed by atoms with Crippen molar-refractivity contribution < 1.29 is 29.1 Å². The minimum atomic E-state index is -0.839. The van der Waals surface area contributed by atoms with Crippen LogP contribution in [0.4, 0.5) is 5.69 Å². The summed E-state index contributed by atoms with van der Waals surface area (Å²) in [6.45, 7) is 13.7. The average Bonchev–Trinajstić information content (AvgIpc) is 3.10. The number of rotatable bonds is 15. The number of carbonyl (C=O) groups is 5. The molecule has 0 saturated carbocycles. The lowest BCUT2D eigenvalue weighted by Crippen LogP contribution is -2.53. The molecule has 0 radical (unpaired) electrons. The van der Waals surface area contributed by atoms with Crippen LogP contribution in [0.5, 0.6) is 0 Å². The van der Waals surface area contributed by atoms with E-state index in [2.05, 4.69) is 75.5 Å². The van der Waals surface area contributed by atoms with Gasteiger partial charge in [-0.15, -0.1) is 0 Å². The van der Waals surface area contributed by atoms with Gasteiger partial charge in [-0.05, 0) is 92.5 Å². The molecule has 4 N–H and O–H groups in total. The molecule has 0 aromatic heterocycles. The third-order valence-corrected chi connectivity index (χ3v) is 9.48. The summed E-state index contributed by atoms with van der Waals surface area (Å²) in [5.74, 6) is -2.01. The van der Waals surface area contributed by atoms with Crippen LogP contribution in [0.1, 0.15) is 79.7 Å². The molecule has 10 nitrogen and oxygen atoms in total. The van der Waals surface area contributed by atoms with Crippen LogP contribution in [0.3, 0.4) is 0 Å². The van der Waals surface area contributed by atoms with Gasteiger partial charge in [-0.3, -0.25) is 28.9 Å². The van der Waals surface area contributed by atoms with Gasteiger partial charge in [-0.1, -0.05) is 53.7 Å². The molecule has 0 aliphatic carbocycles. The van der Waals surface area contributed by atoms with Crippen LogP contribution in [0.25, 0.3) is 0 Å². The van der Waals surface area contributed by atoms with Gasteiger partial charge in [0.05, 0.1) is 6.61 Å². The van der Waals surface area contributed by atoms with Gasteiger partial charge in [-0.2, -0.15) is 0 Å². The fraction of sp³-hybridized carbons (Fsp3) is 0.581. The van der Waals surface area contributed by atoms with Crippen LogP contribution >= 0.6 is 31.9 Å². The normalized spacial score (nSPS) is 15.6. The number of aliphatic hydroxyl groups is 1. The minimum absolute atomic E-state index is 0.0985. The largest absolute Gasteiger partial charge is 0.392 e. The van der Waals surface area contributed by atoms with Crippen molar-refractivity contribution >= 4 is 67.1 Å².